The minimum Gasteiger partial charge on any atom is -0.340 e. The molecule has 0 fully saturated rings. The van der Waals surface area contributed by atoms with E-state index in [4.69, 9.17) is 0 Å². The van der Waals surface area contributed by atoms with Crippen molar-refractivity contribution in [3.63, 3.8) is 0 Å². The molecular formula is C16H16N4OS3. The van der Waals surface area contributed by atoms with E-state index in [1.54, 1.807) is 16.2 Å². The van der Waals surface area contributed by atoms with E-state index in [9.17, 15) is 4.79 Å². The molecule has 0 saturated carbocycles. The molecule has 0 atom stereocenters. The normalized spacial score (nSPS) is 10.5. The molecule has 0 saturated heterocycles. The van der Waals surface area contributed by atoms with E-state index in [2.05, 4.69) is 15.5 Å². The third-order valence-corrected chi connectivity index (χ3v) is 5.97. The minimum absolute atomic E-state index is 0.0844. The highest BCUT2D eigenvalue weighted by Crippen LogP contribution is 2.27. The highest BCUT2D eigenvalue weighted by molar-refractivity contribution is 8.01. The van der Waals surface area contributed by atoms with Crippen LogP contribution in [0.5, 0.6) is 0 Å². The van der Waals surface area contributed by atoms with Crippen LogP contribution in [0.3, 0.4) is 0 Å². The van der Waals surface area contributed by atoms with E-state index in [0.29, 0.717) is 12.3 Å². The monoisotopic (exact) mass is 376 g/mol. The zero-order valence-corrected chi connectivity index (χ0v) is 15.5. The Morgan fingerprint density at radius 2 is 2.04 bits per heavy atom. The lowest BCUT2D eigenvalue weighted by atomic mass is 10.3. The number of hydrogen-bond acceptors (Lipinski definition) is 7. The van der Waals surface area contributed by atoms with Crippen LogP contribution >= 0.6 is 34.4 Å². The molecular weight excluding hydrogens is 360 g/mol. The Kier molecular flexibility index (Phi) is 5.84. The molecule has 1 amide bonds. The number of benzene rings is 1. The second kappa shape index (κ2) is 8.27. The molecule has 0 aliphatic rings. The van der Waals surface area contributed by atoms with Gasteiger partial charge >= 0.3 is 0 Å². The summed E-state index contributed by atoms with van der Waals surface area (Å²) in [5, 5.41) is 14.2. The number of thiophene rings is 1. The van der Waals surface area contributed by atoms with Crippen LogP contribution in [-0.2, 0) is 11.3 Å². The first kappa shape index (κ1) is 16.9. The molecule has 124 valence electrons. The van der Waals surface area contributed by atoms with Gasteiger partial charge in [0.2, 0.25) is 11.0 Å². The second-order valence-corrected chi connectivity index (χ2v) is 8.21. The molecule has 0 unspecified atom stereocenters. The first-order valence-corrected chi connectivity index (χ1v) is 9.93. The number of nitrogens with one attached hydrogen (secondary N) is 1. The predicted octanol–water partition coefficient (Wildman–Crippen LogP) is 4.09. The molecule has 0 aliphatic carbocycles. The molecule has 0 spiro atoms. The van der Waals surface area contributed by atoms with Crippen molar-refractivity contribution in [1.29, 1.82) is 0 Å². The zero-order valence-electron chi connectivity index (χ0n) is 13.0. The molecule has 3 aromatic rings. The van der Waals surface area contributed by atoms with Crippen molar-refractivity contribution < 1.29 is 4.79 Å². The number of carbonyl (C=O) groups is 1. The summed E-state index contributed by atoms with van der Waals surface area (Å²) in [5.74, 6) is 0.447. The van der Waals surface area contributed by atoms with Crippen molar-refractivity contribution in [2.45, 2.75) is 10.9 Å². The van der Waals surface area contributed by atoms with E-state index in [1.807, 2.05) is 54.9 Å². The molecule has 1 N–H and O–H groups in total. The summed E-state index contributed by atoms with van der Waals surface area (Å²) in [5.41, 5.74) is 0.969. The van der Waals surface area contributed by atoms with Crippen LogP contribution in [0, 0.1) is 0 Å². The van der Waals surface area contributed by atoms with Gasteiger partial charge in [-0.05, 0) is 23.6 Å². The lowest BCUT2D eigenvalue weighted by molar-refractivity contribution is -0.127. The standard InChI is InChI=1S/C16H16N4OS3/c1-20(10-13-8-5-9-22-13)14(21)11-23-16-19-18-15(24-16)17-12-6-3-2-4-7-12/h2-9H,10-11H2,1H3,(H,17,18). The lowest BCUT2D eigenvalue weighted by Crippen LogP contribution is -2.27. The number of hydrogen-bond donors (Lipinski definition) is 1. The number of anilines is 2. The van der Waals surface area contributed by atoms with Gasteiger partial charge in [0.15, 0.2) is 4.34 Å². The second-order valence-electron chi connectivity index (χ2n) is 4.98. The van der Waals surface area contributed by atoms with E-state index in [1.165, 1.54) is 28.0 Å². The Hall–Kier alpha value is -1.90. The number of carbonyl (C=O) groups excluding carboxylic acids is 1. The van der Waals surface area contributed by atoms with Gasteiger partial charge in [-0.3, -0.25) is 4.79 Å². The topological polar surface area (TPSA) is 58.1 Å². The molecule has 5 nitrogen and oxygen atoms in total. The van der Waals surface area contributed by atoms with E-state index < -0.39 is 0 Å². The maximum atomic E-state index is 12.2. The first-order chi connectivity index (χ1) is 11.7. The fraction of sp³-hybridized carbons (Fsp3) is 0.188. The summed E-state index contributed by atoms with van der Waals surface area (Å²) in [7, 11) is 1.82. The van der Waals surface area contributed by atoms with Crippen LogP contribution in [-0.4, -0.2) is 33.8 Å². The van der Waals surface area contributed by atoms with Crippen LogP contribution in [0.1, 0.15) is 4.88 Å². The summed E-state index contributed by atoms with van der Waals surface area (Å²) >= 11 is 4.52. The third kappa shape index (κ3) is 4.80. The first-order valence-electron chi connectivity index (χ1n) is 7.25. The predicted molar refractivity (Wildman–Crippen MR) is 101 cm³/mol. The van der Waals surface area contributed by atoms with Crippen LogP contribution in [0.2, 0.25) is 0 Å². The van der Waals surface area contributed by atoms with Gasteiger partial charge in [-0.1, -0.05) is 47.4 Å². The van der Waals surface area contributed by atoms with Crippen LogP contribution in [0.25, 0.3) is 0 Å². The zero-order chi connectivity index (χ0) is 16.8. The fourth-order valence-corrected chi connectivity index (χ4v) is 4.39. The number of rotatable bonds is 7. The van der Waals surface area contributed by atoms with Crippen LogP contribution in [0.15, 0.2) is 52.2 Å². The van der Waals surface area contributed by atoms with Gasteiger partial charge < -0.3 is 10.2 Å². The number of thioether (sulfide) groups is 1. The van der Waals surface area contributed by atoms with Gasteiger partial charge in [0, 0.05) is 17.6 Å². The molecule has 8 heteroatoms. The van der Waals surface area contributed by atoms with Gasteiger partial charge in [0.1, 0.15) is 0 Å². The van der Waals surface area contributed by atoms with E-state index in [0.717, 1.165) is 15.2 Å². The van der Waals surface area contributed by atoms with Gasteiger partial charge in [0.05, 0.1) is 12.3 Å². The van der Waals surface area contributed by atoms with Crippen molar-refractivity contribution in [3.05, 3.63) is 52.7 Å². The summed E-state index contributed by atoms with van der Waals surface area (Å²) < 4.78 is 0.784. The highest BCUT2D eigenvalue weighted by Gasteiger charge is 2.12. The SMILES string of the molecule is CN(Cc1cccs1)C(=O)CSc1nnc(Nc2ccccc2)s1. The Bertz CT molecular complexity index is 774. The Morgan fingerprint density at radius 3 is 2.79 bits per heavy atom. The molecule has 1 aromatic carbocycles. The maximum absolute atomic E-state index is 12.2. The summed E-state index contributed by atoms with van der Waals surface area (Å²) in [4.78, 5) is 15.1. The van der Waals surface area contributed by atoms with E-state index >= 15 is 0 Å². The molecule has 24 heavy (non-hydrogen) atoms. The van der Waals surface area contributed by atoms with Gasteiger partial charge in [-0.15, -0.1) is 21.5 Å². The van der Waals surface area contributed by atoms with Crippen LogP contribution in [0.4, 0.5) is 10.8 Å². The smallest absolute Gasteiger partial charge is 0.233 e. The van der Waals surface area contributed by atoms with Crippen molar-refractivity contribution in [1.82, 2.24) is 15.1 Å². The van der Waals surface area contributed by atoms with Crippen molar-refractivity contribution in [2.24, 2.45) is 0 Å². The van der Waals surface area contributed by atoms with Gasteiger partial charge in [-0.25, -0.2) is 0 Å². The van der Waals surface area contributed by atoms with Crippen molar-refractivity contribution >= 4 is 51.2 Å². The van der Waals surface area contributed by atoms with E-state index in [-0.39, 0.29) is 5.91 Å². The minimum atomic E-state index is 0.0844. The van der Waals surface area contributed by atoms with Crippen molar-refractivity contribution in [2.75, 3.05) is 18.1 Å². The Balaban J connectivity index is 1.49. The van der Waals surface area contributed by atoms with Gasteiger partial charge in [0.25, 0.3) is 0 Å². The summed E-state index contributed by atoms with van der Waals surface area (Å²) in [6, 6.07) is 13.9. The largest absolute Gasteiger partial charge is 0.340 e. The summed E-state index contributed by atoms with van der Waals surface area (Å²) in [6.45, 7) is 0.647. The molecule has 0 bridgehead atoms. The lowest BCUT2D eigenvalue weighted by Gasteiger charge is -2.15. The van der Waals surface area contributed by atoms with Crippen LogP contribution < -0.4 is 5.32 Å². The molecule has 3 rings (SSSR count). The van der Waals surface area contributed by atoms with Gasteiger partial charge in [-0.2, -0.15) is 0 Å². The number of aromatic nitrogens is 2. The summed E-state index contributed by atoms with van der Waals surface area (Å²) in [6.07, 6.45) is 0. The van der Waals surface area contributed by atoms with Crippen molar-refractivity contribution in [3.8, 4) is 0 Å². The third-order valence-electron chi connectivity index (χ3n) is 3.15. The fourth-order valence-electron chi connectivity index (χ4n) is 1.92. The maximum Gasteiger partial charge on any atom is 0.233 e. The average Bonchev–Trinajstić information content (AvgIpc) is 3.25. The Morgan fingerprint density at radius 1 is 1.21 bits per heavy atom. The number of para-hydroxylation sites is 1. The highest BCUT2D eigenvalue weighted by atomic mass is 32.2. The molecule has 0 aliphatic heterocycles. The molecule has 0 radical (unpaired) electrons. The Labute approximate surface area is 152 Å². The number of nitrogens with zero attached hydrogens (tertiary/aromatic N) is 3. The quantitative estimate of drug-likeness (QED) is 0.629. The molecule has 2 aromatic heterocycles. The average molecular weight is 377 g/mol. The molecule has 2 heterocycles. The number of amides is 1.